The molecular weight excluding hydrogens is 244 g/mol. The summed E-state index contributed by atoms with van der Waals surface area (Å²) in [6.07, 6.45) is 1.15. The molecular formula is C14H22N2O3. The third kappa shape index (κ3) is 3.38. The van der Waals surface area contributed by atoms with Crippen molar-refractivity contribution in [3.8, 4) is 11.5 Å². The lowest BCUT2D eigenvalue weighted by atomic mass is 9.93. The van der Waals surface area contributed by atoms with Crippen molar-refractivity contribution in [2.24, 2.45) is 5.73 Å². The number of carbonyl (C=O) groups is 1. The predicted molar refractivity (Wildman–Crippen MR) is 75.7 cm³/mol. The van der Waals surface area contributed by atoms with Crippen molar-refractivity contribution in [2.75, 3.05) is 19.5 Å². The highest BCUT2D eigenvalue weighted by Crippen LogP contribution is 2.29. The molecule has 1 aromatic rings. The average Bonchev–Trinajstić information content (AvgIpc) is 2.46. The van der Waals surface area contributed by atoms with Crippen LogP contribution in [0.2, 0.25) is 0 Å². The average molecular weight is 266 g/mol. The fourth-order valence-electron chi connectivity index (χ4n) is 1.72. The SMILES string of the molecule is CCC(N)(CC)C(=O)Nc1ccc(OC)cc1OC. The van der Waals surface area contributed by atoms with Crippen LogP contribution in [0, 0.1) is 0 Å². The molecule has 0 heterocycles. The van der Waals surface area contributed by atoms with Crippen LogP contribution in [0.4, 0.5) is 5.69 Å². The van der Waals surface area contributed by atoms with Crippen LogP contribution in [-0.2, 0) is 4.79 Å². The first-order chi connectivity index (χ1) is 9.00. The lowest BCUT2D eigenvalue weighted by molar-refractivity contribution is -0.121. The van der Waals surface area contributed by atoms with E-state index in [9.17, 15) is 4.79 Å². The molecule has 0 aliphatic heterocycles. The number of nitrogens with two attached hydrogens (primary N) is 1. The standard InChI is InChI=1S/C14H22N2O3/c1-5-14(15,6-2)13(17)16-11-8-7-10(18-3)9-12(11)19-4/h7-9H,5-6,15H2,1-4H3,(H,16,17). The highest BCUT2D eigenvalue weighted by Gasteiger charge is 2.30. The van der Waals surface area contributed by atoms with Gasteiger partial charge in [0, 0.05) is 6.07 Å². The first-order valence-electron chi connectivity index (χ1n) is 6.33. The largest absolute Gasteiger partial charge is 0.497 e. The quantitative estimate of drug-likeness (QED) is 0.827. The Bertz CT molecular complexity index is 442. The molecule has 5 nitrogen and oxygen atoms in total. The molecule has 0 aromatic heterocycles. The Hall–Kier alpha value is -1.75. The number of amides is 1. The zero-order chi connectivity index (χ0) is 14.5. The Kier molecular flexibility index (Phi) is 5.18. The number of anilines is 1. The van der Waals surface area contributed by atoms with Crippen molar-refractivity contribution in [3.63, 3.8) is 0 Å². The molecule has 0 spiro atoms. The molecule has 0 radical (unpaired) electrons. The molecule has 106 valence electrons. The number of ether oxygens (including phenoxy) is 2. The van der Waals surface area contributed by atoms with Gasteiger partial charge < -0.3 is 20.5 Å². The number of hydrogen-bond acceptors (Lipinski definition) is 4. The van der Waals surface area contributed by atoms with Crippen LogP contribution in [0.25, 0.3) is 0 Å². The molecule has 3 N–H and O–H groups in total. The summed E-state index contributed by atoms with van der Waals surface area (Å²) in [4.78, 5) is 12.2. The molecule has 1 rings (SSSR count). The van der Waals surface area contributed by atoms with Crippen LogP contribution in [0.15, 0.2) is 18.2 Å². The van der Waals surface area contributed by atoms with Crippen molar-refractivity contribution < 1.29 is 14.3 Å². The van der Waals surface area contributed by atoms with Gasteiger partial charge in [-0.15, -0.1) is 0 Å². The van der Waals surface area contributed by atoms with Crippen molar-refractivity contribution in [1.29, 1.82) is 0 Å². The molecule has 5 heteroatoms. The van der Waals surface area contributed by atoms with E-state index in [1.807, 2.05) is 13.8 Å². The smallest absolute Gasteiger partial charge is 0.244 e. The van der Waals surface area contributed by atoms with Gasteiger partial charge in [0.2, 0.25) is 5.91 Å². The van der Waals surface area contributed by atoms with Gasteiger partial charge in [-0.3, -0.25) is 4.79 Å². The molecule has 19 heavy (non-hydrogen) atoms. The van der Waals surface area contributed by atoms with Crippen molar-refractivity contribution >= 4 is 11.6 Å². The van der Waals surface area contributed by atoms with Crippen LogP contribution in [0.3, 0.4) is 0 Å². The number of carbonyl (C=O) groups excluding carboxylic acids is 1. The number of hydrogen-bond donors (Lipinski definition) is 2. The van der Waals surface area contributed by atoms with E-state index in [4.69, 9.17) is 15.2 Å². The normalized spacial score (nSPS) is 11.0. The van der Waals surface area contributed by atoms with Crippen molar-refractivity contribution in [1.82, 2.24) is 0 Å². The maximum Gasteiger partial charge on any atom is 0.244 e. The van der Waals surface area contributed by atoms with E-state index in [0.29, 0.717) is 30.0 Å². The van der Waals surface area contributed by atoms with E-state index >= 15 is 0 Å². The highest BCUT2D eigenvalue weighted by atomic mass is 16.5. The monoisotopic (exact) mass is 266 g/mol. The summed E-state index contributed by atoms with van der Waals surface area (Å²) in [5.41, 5.74) is 5.79. The second-order valence-corrected chi connectivity index (χ2v) is 4.38. The predicted octanol–water partition coefficient (Wildman–Crippen LogP) is 2.16. The van der Waals surface area contributed by atoms with Crippen LogP contribution in [0.5, 0.6) is 11.5 Å². The summed E-state index contributed by atoms with van der Waals surface area (Å²) in [5, 5.41) is 2.81. The molecule has 0 saturated heterocycles. The summed E-state index contributed by atoms with van der Waals surface area (Å²) in [6, 6.07) is 5.21. The fourth-order valence-corrected chi connectivity index (χ4v) is 1.72. The zero-order valence-corrected chi connectivity index (χ0v) is 11.9. The first kappa shape index (κ1) is 15.3. The van der Waals surface area contributed by atoms with Gasteiger partial charge in [0.1, 0.15) is 11.5 Å². The number of nitrogens with one attached hydrogen (secondary N) is 1. The van der Waals surface area contributed by atoms with Gasteiger partial charge >= 0.3 is 0 Å². The van der Waals surface area contributed by atoms with E-state index < -0.39 is 5.54 Å². The van der Waals surface area contributed by atoms with E-state index in [1.54, 1.807) is 32.4 Å². The first-order valence-corrected chi connectivity index (χ1v) is 6.33. The molecule has 0 saturated carbocycles. The minimum atomic E-state index is -0.856. The Morgan fingerprint density at radius 1 is 1.26 bits per heavy atom. The van der Waals surface area contributed by atoms with Gasteiger partial charge in [0.15, 0.2) is 0 Å². The molecule has 0 atom stereocenters. The van der Waals surface area contributed by atoms with Gasteiger partial charge in [0.05, 0.1) is 25.4 Å². The number of benzene rings is 1. The highest BCUT2D eigenvalue weighted by molar-refractivity contribution is 5.99. The lowest BCUT2D eigenvalue weighted by Crippen LogP contribution is -2.50. The summed E-state index contributed by atoms with van der Waals surface area (Å²) in [7, 11) is 3.12. The summed E-state index contributed by atoms with van der Waals surface area (Å²) < 4.78 is 10.3. The number of rotatable bonds is 6. The third-order valence-electron chi connectivity index (χ3n) is 3.37. The Morgan fingerprint density at radius 2 is 1.89 bits per heavy atom. The topological polar surface area (TPSA) is 73.6 Å². The molecule has 0 aliphatic rings. The fraction of sp³-hybridized carbons (Fsp3) is 0.500. The van der Waals surface area contributed by atoms with Gasteiger partial charge in [-0.05, 0) is 25.0 Å². The summed E-state index contributed by atoms with van der Waals surface area (Å²) >= 11 is 0. The van der Waals surface area contributed by atoms with Gasteiger partial charge in [-0.1, -0.05) is 13.8 Å². The van der Waals surface area contributed by atoms with Gasteiger partial charge in [0.25, 0.3) is 0 Å². The molecule has 0 bridgehead atoms. The Labute approximate surface area is 114 Å². The summed E-state index contributed by atoms with van der Waals surface area (Å²) in [6.45, 7) is 3.79. The van der Waals surface area contributed by atoms with Gasteiger partial charge in [-0.25, -0.2) is 0 Å². The third-order valence-corrected chi connectivity index (χ3v) is 3.37. The second kappa shape index (κ2) is 6.43. The zero-order valence-electron chi connectivity index (χ0n) is 11.9. The van der Waals surface area contributed by atoms with Crippen LogP contribution in [0.1, 0.15) is 26.7 Å². The summed E-state index contributed by atoms with van der Waals surface area (Å²) in [5.74, 6) is 1.00. The molecule has 1 amide bonds. The maximum absolute atomic E-state index is 12.2. The lowest BCUT2D eigenvalue weighted by Gasteiger charge is -2.25. The minimum Gasteiger partial charge on any atom is -0.497 e. The van der Waals surface area contributed by atoms with Gasteiger partial charge in [-0.2, -0.15) is 0 Å². The van der Waals surface area contributed by atoms with Crippen molar-refractivity contribution in [2.45, 2.75) is 32.2 Å². The van der Waals surface area contributed by atoms with E-state index in [1.165, 1.54) is 0 Å². The minimum absolute atomic E-state index is 0.207. The number of methoxy groups -OCH3 is 2. The molecule has 1 aromatic carbocycles. The van der Waals surface area contributed by atoms with E-state index in [2.05, 4.69) is 5.32 Å². The Morgan fingerprint density at radius 3 is 2.37 bits per heavy atom. The molecule has 0 aliphatic carbocycles. The van der Waals surface area contributed by atoms with Crippen molar-refractivity contribution in [3.05, 3.63) is 18.2 Å². The van der Waals surface area contributed by atoms with E-state index in [0.717, 1.165) is 0 Å². The Balaban J connectivity index is 2.96. The van der Waals surface area contributed by atoms with Crippen LogP contribution < -0.4 is 20.5 Å². The van der Waals surface area contributed by atoms with Crippen LogP contribution in [-0.4, -0.2) is 25.7 Å². The van der Waals surface area contributed by atoms with E-state index in [-0.39, 0.29) is 5.91 Å². The van der Waals surface area contributed by atoms with Crippen LogP contribution >= 0.6 is 0 Å². The molecule has 0 unspecified atom stereocenters. The second-order valence-electron chi connectivity index (χ2n) is 4.38. The maximum atomic E-state index is 12.2. The molecule has 0 fully saturated rings.